The molecule has 0 aliphatic heterocycles. The van der Waals surface area contributed by atoms with E-state index in [1.54, 1.807) is 24.3 Å². The van der Waals surface area contributed by atoms with Crippen LogP contribution in [0.25, 0.3) is 0 Å². The molecule has 1 heterocycles. The van der Waals surface area contributed by atoms with Crippen LogP contribution in [0.2, 0.25) is 0 Å². The number of nitrogens with one attached hydrogen (secondary N) is 2. The number of hydrogen-bond acceptors (Lipinski definition) is 3. The second kappa shape index (κ2) is 5.98. The van der Waals surface area contributed by atoms with Gasteiger partial charge in [0, 0.05) is 23.1 Å². The molecule has 1 amide bonds. The lowest BCUT2D eigenvalue weighted by Gasteiger charge is -2.09. The van der Waals surface area contributed by atoms with Crippen LogP contribution in [-0.4, -0.2) is 25.1 Å². The monoisotopic (exact) mass is 347 g/mol. The van der Waals surface area contributed by atoms with Crippen LogP contribution < -0.4 is 10.0 Å². The Hall–Kier alpha value is -2.28. The van der Waals surface area contributed by atoms with Gasteiger partial charge < -0.3 is 9.88 Å². The first-order valence-electron chi connectivity index (χ1n) is 7.82. The van der Waals surface area contributed by atoms with Gasteiger partial charge in [-0.1, -0.05) is 6.07 Å². The van der Waals surface area contributed by atoms with Crippen LogP contribution in [0.15, 0.2) is 30.3 Å². The zero-order valence-electron chi connectivity index (χ0n) is 14.0. The summed E-state index contributed by atoms with van der Waals surface area (Å²) in [5, 5.41) is 2.84. The highest BCUT2D eigenvalue weighted by Gasteiger charge is 2.28. The third kappa shape index (κ3) is 3.62. The Labute approximate surface area is 141 Å². The average Bonchev–Trinajstić information content (AvgIpc) is 3.23. The fourth-order valence-corrected chi connectivity index (χ4v) is 3.53. The summed E-state index contributed by atoms with van der Waals surface area (Å²) in [6.45, 7) is 3.97. The number of carbonyl (C=O) groups is 1. The van der Waals surface area contributed by atoms with Crippen molar-refractivity contribution >= 4 is 27.3 Å². The van der Waals surface area contributed by atoms with E-state index in [0.717, 1.165) is 30.5 Å². The van der Waals surface area contributed by atoms with E-state index in [0.29, 0.717) is 23.0 Å². The molecule has 1 saturated carbocycles. The largest absolute Gasteiger partial charge is 0.345 e. The number of carbonyl (C=O) groups excluding carboxylic acids is 1. The zero-order chi connectivity index (χ0) is 17.5. The standard InChI is InChI=1S/C17H21N3O3S/c1-11-9-16(12(2)20(11)15-7-8-15)17(21)18-13-5-4-6-14(10-13)19-24(3,22)23/h4-6,9-10,15,19H,7-8H2,1-3H3,(H,18,21). The maximum absolute atomic E-state index is 12.6. The van der Waals surface area contributed by atoms with Crippen LogP contribution in [-0.2, 0) is 10.0 Å². The minimum absolute atomic E-state index is 0.188. The molecule has 2 N–H and O–H groups in total. The molecule has 1 aromatic carbocycles. The van der Waals surface area contributed by atoms with Crippen molar-refractivity contribution in [1.29, 1.82) is 0 Å². The molecule has 1 fully saturated rings. The Bertz CT molecular complexity index is 896. The molecule has 0 atom stereocenters. The lowest BCUT2D eigenvalue weighted by molar-refractivity contribution is 0.102. The van der Waals surface area contributed by atoms with Crippen LogP contribution in [0.4, 0.5) is 11.4 Å². The van der Waals surface area contributed by atoms with Crippen LogP contribution in [0.5, 0.6) is 0 Å². The molecule has 128 valence electrons. The Morgan fingerprint density at radius 2 is 1.83 bits per heavy atom. The molecule has 1 aliphatic carbocycles. The molecule has 2 aromatic rings. The van der Waals surface area contributed by atoms with Crippen molar-refractivity contribution < 1.29 is 13.2 Å². The maximum atomic E-state index is 12.6. The molecule has 1 aromatic heterocycles. The summed E-state index contributed by atoms with van der Waals surface area (Å²) in [5.41, 5.74) is 3.68. The molecule has 0 radical (unpaired) electrons. The quantitative estimate of drug-likeness (QED) is 0.872. The van der Waals surface area contributed by atoms with Gasteiger partial charge >= 0.3 is 0 Å². The number of sulfonamides is 1. The van der Waals surface area contributed by atoms with Crippen molar-refractivity contribution in [2.75, 3.05) is 16.3 Å². The summed E-state index contributed by atoms with van der Waals surface area (Å²) >= 11 is 0. The first-order chi connectivity index (χ1) is 11.2. The van der Waals surface area contributed by atoms with Gasteiger partial charge in [-0.05, 0) is 51.0 Å². The SMILES string of the molecule is Cc1cc(C(=O)Nc2cccc(NS(C)(=O)=O)c2)c(C)n1C1CC1. The first kappa shape index (κ1) is 16.6. The normalized spacial score (nSPS) is 14.5. The van der Waals surface area contributed by atoms with E-state index in [-0.39, 0.29) is 5.91 Å². The predicted molar refractivity (Wildman–Crippen MR) is 95.0 cm³/mol. The van der Waals surface area contributed by atoms with E-state index >= 15 is 0 Å². The second-order valence-corrected chi connectivity index (χ2v) is 8.04. The highest BCUT2D eigenvalue weighted by atomic mass is 32.2. The van der Waals surface area contributed by atoms with Crippen molar-refractivity contribution in [3.63, 3.8) is 0 Å². The van der Waals surface area contributed by atoms with Gasteiger partial charge in [-0.2, -0.15) is 0 Å². The lowest BCUT2D eigenvalue weighted by atomic mass is 10.2. The van der Waals surface area contributed by atoms with Crippen LogP contribution in [0, 0.1) is 13.8 Å². The van der Waals surface area contributed by atoms with E-state index in [1.807, 2.05) is 19.9 Å². The minimum atomic E-state index is -3.35. The Kier molecular flexibility index (Phi) is 4.13. The summed E-state index contributed by atoms with van der Waals surface area (Å²) < 4.78 is 27.2. The molecule has 24 heavy (non-hydrogen) atoms. The molecular weight excluding hydrogens is 326 g/mol. The van der Waals surface area contributed by atoms with Gasteiger partial charge in [-0.15, -0.1) is 0 Å². The Morgan fingerprint density at radius 1 is 1.17 bits per heavy atom. The number of nitrogens with zero attached hydrogens (tertiary/aromatic N) is 1. The smallest absolute Gasteiger partial charge is 0.257 e. The van der Waals surface area contributed by atoms with Gasteiger partial charge in [0.05, 0.1) is 17.5 Å². The number of aromatic nitrogens is 1. The molecule has 1 aliphatic rings. The summed E-state index contributed by atoms with van der Waals surface area (Å²) in [4.78, 5) is 12.6. The number of aryl methyl sites for hydroxylation is 1. The number of rotatable bonds is 5. The van der Waals surface area contributed by atoms with E-state index in [1.165, 1.54) is 0 Å². The van der Waals surface area contributed by atoms with Crippen molar-refractivity contribution in [2.45, 2.75) is 32.7 Å². The van der Waals surface area contributed by atoms with Gasteiger partial charge in [0.15, 0.2) is 0 Å². The van der Waals surface area contributed by atoms with Crippen LogP contribution >= 0.6 is 0 Å². The fraction of sp³-hybridized carbons (Fsp3) is 0.353. The Balaban J connectivity index is 1.80. The number of hydrogen-bond donors (Lipinski definition) is 2. The van der Waals surface area contributed by atoms with E-state index in [9.17, 15) is 13.2 Å². The first-order valence-corrected chi connectivity index (χ1v) is 9.71. The van der Waals surface area contributed by atoms with Crippen molar-refractivity contribution in [3.8, 4) is 0 Å². The lowest BCUT2D eigenvalue weighted by Crippen LogP contribution is -2.14. The molecular formula is C17H21N3O3S. The molecule has 0 bridgehead atoms. The zero-order valence-corrected chi connectivity index (χ0v) is 14.8. The molecule has 0 unspecified atom stereocenters. The molecule has 7 heteroatoms. The number of amides is 1. The van der Waals surface area contributed by atoms with Gasteiger partial charge in [-0.25, -0.2) is 8.42 Å². The molecule has 0 spiro atoms. The topological polar surface area (TPSA) is 80.2 Å². The van der Waals surface area contributed by atoms with E-state index in [4.69, 9.17) is 0 Å². The minimum Gasteiger partial charge on any atom is -0.345 e. The fourth-order valence-electron chi connectivity index (χ4n) is 2.97. The number of anilines is 2. The summed E-state index contributed by atoms with van der Waals surface area (Å²) in [6, 6.07) is 9.08. The number of benzene rings is 1. The molecule has 6 nitrogen and oxygen atoms in total. The Morgan fingerprint density at radius 3 is 2.46 bits per heavy atom. The highest BCUT2D eigenvalue weighted by Crippen LogP contribution is 2.38. The summed E-state index contributed by atoms with van der Waals surface area (Å²) in [5.74, 6) is -0.188. The molecule has 3 rings (SSSR count). The summed E-state index contributed by atoms with van der Waals surface area (Å²) in [7, 11) is -3.35. The molecule has 0 saturated heterocycles. The highest BCUT2D eigenvalue weighted by molar-refractivity contribution is 7.92. The van der Waals surface area contributed by atoms with Gasteiger partial charge in [0.25, 0.3) is 5.91 Å². The van der Waals surface area contributed by atoms with Crippen LogP contribution in [0.1, 0.15) is 40.6 Å². The third-order valence-electron chi connectivity index (χ3n) is 4.06. The van der Waals surface area contributed by atoms with E-state index < -0.39 is 10.0 Å². The average molecular weight is 347 g/mol. The third-order valence-corrected chi connectivity index (χ3v) is 4.67. The van der Waals surface area contributed by atoms with Gasteiger partial charge in [0.2, 0.25) is 10.0 Å². The van der Waals surface area contributed by atoms with Crippen molar-refractivity contribution in [3.05, 3.63) is 47.3 Å². The second-order valence-electron chi connectivity index (χ2n) is 6.30. The predicted octanol–water partition coefficient (Wildman–Crippen LogP) is 3.06. The van der Waals surface area contributed by atoms with Gasteiger partial charge in [0.1, 0.15) is 0 Å². The van der Waals surface area contributed by atoms with Gasteiger partial charge in [-0.3, -0.25) is 9.52 Å². The maximum Gasteiger partial charge on any atom is 0.257 e. The van der Waals surface area contributed by atoms with Crippen molar-refractivity contribution in [1.82, 2.24) is 4.57 Å². The van der Waals surface area contributed by atoms with Crippen molar-refractivity contribution in [2.24, 2.45) is 0 Å². The van der Waals surface area contributed by atoms with E-state index in [2.05, 4.69) is 14.6 Å². The summed E-state index contributed by atoms with van der Waals surface area (Å²) in [6.07, 6.45) is 3.41. The van der Waals surface area contributed by atoms with Crippen LogP contribution in [0.3, 0.4) is 0 Å².